The Kier molecular flexibility index (Phi) is 4.10. The smallest absolute Gasteiger partial charge is 0.335 e. The summed E-state index contributed by atoms with van der Waals surface area (Å²) in [5, 5.41) is 0.264. The normalized spacial score (nSPS) is 16.4. The summed E-state index contributed by atoms with van der Waals surface area (Å²) in [6.07, 6.45) is 0. The van der Waals surface area contributed by atoms with Crippen LogP contribution in [-0.4, -0.2) is 31.4 Å². The number of esters is 1. The van der Waals surface area contributed by atoms with Gasteiger partial charge in [0.25, 0.3) is 5.91 Å². The zero-order valence-corrected chi connectivity index (χ0v) is 13.5. The van der Waals surface area contributed by atoms with Crippen molar-refractivity contribution in [3.05, 3.63) is 33.8 Å². The van der Waals surface area contributed by atoms with Gasteiger partial charge in [-0.15, -0.1) is 0 Å². The van der Waals surface area contributed by atoms with Crippen molar-refractivity contribution < 1.29 is 14.3 Å². The third kappa shape index (κ3) is 2.34. The number of carbonyl (C=O) groups is 2. The van der Waals surface area contributed by atoms with Crippen LogP contribution in [0.3, 0.4) is 0 Å². The van der Waals surface area contributed by atoms with E-state index in [1.165, 1.54) is 12.0 Å². The minimum Gasteiger partial charge on any atom is -0.466 e. The van der Waals surface area contributed by atoms with Crippen molar-refractivity contribution in [1.82, 2.24) is 0 Å². The number of nitrogens with zero attached hydrogens (tertiary/aromatic N) is 1. The summed E-state index contributed by atoms with van der Waals surface area (Å²) in [4.78, 5) is 25.6. The minimum absolute atomic E-state index is 0.201. The maximum atomic E-state index is 12.3. The van der Waals surface area contributed by atoms with E-state index in [1.807, 2.05) is 18.2 Å². The Hall–Kier alpha value is -1.14. The fourth-order valence-electron chi connectivity index (χ4n) is 2.03. The molecule has 0 fully saturated rings. The van der Waals surface area contributed by atoms with Gasteiger partial charge in [0.1, 0.15) is 0 Å². The lowest BCUT2D eigenvalue weighted by atomic mass is 10.0. The van der Waals surface area contributed by atoms with Crippen molar-refractivity contribution in [3.8, 4) is 0 Å². The van der Waals surface area contributed by atoms with Crippen LogP contribution in [0.25, 0.3) is 5.57 Å². The van der Waals surface area contributed by atoms with Crippen LogP contribution in [0, 0.1) is 0 Å². The van der Waals surface area contributed by atoms with Gasteiger partial charge in [0.2, 0.25) is 0 Å². The Balaban J connectivity index is 2.72. The lowest BCUT2D eigenvalue weighted by Gasteiger charge is -2.08. The van der Waals surface area contributed by atoms with Crippen molar-refractivity contribution in [1.29, 1.82) is 0 Å². The molecule has 6 heteroatoms. The number of likely N-dealkylation sites (N-methyl/N-ethyl adjacent to an activating group) is 1. The number of hydrogen-bond donors (Lipinski definition) is 0. The van der Waals surface area contributed by atoms with Gasteiger partial charge in [-0.1, -0.05) is 31.9 Å². The highest BCUT2D eigenvalue weighted by atomic mass is 79.9. The molecule has 1 aromatic rings. The minimum atomic E-state index is -0.499. The van der Waals surface area contributed by atoms with E-state index in [1.54, 1.807) is 7.05 Å². The fraction of sp³-hybridized carbons (Fsp3) is 0.231. The second-order valence-electron chi connectivity index (χ2n) is 4.00. The Morgan fingerprint density at radius 1 is 1.42 bits per heavy atom. The number of ether oxygens (including phenoxy) is 1. The lowest BCUT2D eigenvalue weighted by molar-refractivity contribution is -0.136. The fourth-order valence-corrected chi connectivity index (χ4v) is 2.90. The Morgan fingerprint density at radius 2 is 2.11 bits per heavy atom. The van der Waals surface area contributed by atoms with Gasteiger partial charge < -0.3 is 9.64 Å². The molecule has 100 valence electrons. The Bertz CT molecular complexity index is 596. The van der Waals surface area contributed by atoms with E-state index in [2.05, 4.69) is 31.9 Å². The molecule has 0 aromatic heterocycles. The van der Waals surface area contributed by atoms with E-state index in [4.69, 9.17) is 4.74 Å². The molecule has 19 heavy (non-hydrogen) atoms. The molecule has 4 nitrogen and oxygen atoms in total. The monoisotopic (exact) mass is 387 g/mol. The molecular formula is C13H11Br2NO3. The van der Waals surface area contributed by atoms with Crippen LogP contribution in [0.4, 0.5) is 5.69 Å². The summed E-state index contributed by atoms with van der Waals surface area (Å²) in [5.74, 6) is -0.700. The van der Waals surface area contributed by atoms with Crippen LogP contribution in [0.5, 0.6) is 0 Å². The number of carbonyl (C=O) groups excluding carboxylic acids is 2. The number of hydrogen-bond acceptors (Lipinski definition) is 3. The topological polar surface area (TPSA) is 46.6 Å². The molecule has 0 radical (unpaired) electrons. The first kappa shape index (κ1) is 14.3. The van der Waals surface area contributed by atoms with E-state index >= 15 is 0 Å². The number of rotatable bonds is 2. The second-order valence-corrected chi connectivity index (χ2v) is 5.48. The predicted octanol–water partition coefficient (Wildman–Crippen LogP) is 2.75. The van der Waals surface area contributed by atoms with Crippen molar-refractivity contribution in [2.24, 2.45) is 0 Å². The molecule has 0 aliphatic carbocycles. The van der Waals surface area contributed by atoms with Gasteiger partial charge in [0, 0.05) is 22.4 Å². The Morgan fingerprint density at radius 3 is 2.68 bits per heavy atom. The summed E-state index contributed by atoms with van der Waals surface area (Å²) in [7, 11) is 2.99. The van der Waals surface area contributed by atoms with E-state index < -0.39 is 5.97 Å². The van der Waals surface area contributed by atoms with Gasteiger partial charge in [0.05, 0.1) is 23.9 Å². The second kappa shape index (κ2) is 5.46. The molecule has 0 unspecified atom stereocenters. The first-order valence-corrected chi connectivity index (χ1v) is 7.38. The van der Waals surface area contributed by atoms with Crippen LogP contribution in [0.2, 0.25) is 0 Å². The molecule has 1 aliphatic rings. The van der Waals surface area contributed by atoms with Crippen molar-refractivity contribution in [2.45, 2.75) is 0 Å². The van der Waals surface area contributed by atoms with Gasteiger partial charge in [-0.2, -0.15) is 0 Å². The first-order valence-electron chi connectivity index (χ1n) is 5.46. The highest BCUT2D eigenvalue weighted by Crippen LogP contribution is 2.39. The van der Waals surface area contributed by atoms with Crippen LogP contribution >= 0.6 is 31.9 Å². The number of alkyl halides is 1. The van der Waals surface area contributed by atoms with Gasteiger partial charge in [-0.25, -0.2) is 4.79 Å². The van der Waals surface area contributed by atoms with E-state index in [0.29, 0.717) is 11.1 Å². The zero-order valence-electron chi connectivity index (χ0n) is 10.4. The molecule has 1 aromatic carbocycles. The molecular weight excluding hydrogens is 378 g/mol. The molecule has 1 aliphatic heterocycles. The van der Waals surface area contributed by atoms with Gasteiger partial charge in [-0.05, 0) is 18.2 Å². The highest BCUT2D eigenvalue weighted by Gasteiger charge is 2.34. The maximum Gasteiger partial charge on any atom is 0.335 e. The van der Waals surface area contributed by atoms with Crippen LogP contribution < -0.4 is 4.90 Å². The summed E-state index contributed by atoms with van der Waals surface area (Å²) < 4.78 is 5.59. The number of halogens is 2. The van der Waals surface area contributed by atoms with Gasteiger partial charge in [0.15, 0.2) is 0 Å². The molecule has 1 amide bonds. The van der Waals surface area contributed by atoms with Crippen LogP contribution in [-0.2, 0) is 14.3 Å². The predicted molar refractivity (Wildman–Crippen MR) is 80.3 cm³/mol. The zero-order chi connectivity index (χ0) is 14.2. The summed E-state index contributed by atoms with van der Waals surface area (Å²) in [6, 6.07) is 5.53. The van der Waals surface area contributed by atoms with Gasteiger partial charge in [-0.3, -0.25) is 4.79 Å². The maximum absolute atomic E-state index is 12.3. The molecule has 1 heterocycles. The summed E-state index contributed by atoms with van der Waals surface area (Å²) >= 11 is 6.62. The third-order valence-corrected chi connectivity index (χ3v) is 4.03. The van der Waals surface area contributed by atoms with Crippen molar-refractivity contribution >= 4 is 55.0 Å². The number of anilines is 1. The van der Waals surface area contributed by atoms with Crippen molar-refractivity contribution in [2.75, 3.05) is 24.4 Å². The molecule has 2 rings (SSSR count). The first-order chi connectivity index (χ1) is 9.01. The number of benzene rings is 1. The average molecular weight is 389 g/mol. The van der Waals surface area contributed by atoms with Crippen molar-refractivity contribution in [3.63, 3.8) is 0 Å². The quantitative estimate of drug-likeness (QED) is 0.444. The van der Waals surface area contributed by atoms with E-state index in [0.717, 1.165) is 15.7 Å². The number of amides is 1. The highest BCUT2D eigenvalue weighted by molar-refractivity contribution is 9.10. The molecule has 0 saturated heterocycles. The van der Waals surface area contributed by atoms with Crippen LogP contribution in [0.15, 0.2) is 28.2 Å². The number of fused-ring (bicyclic) bond motifs is 1. The summed E-state index contributed by atoms with van der Waals surface area (Å²) in [6.45, 7) is 0. The standard InChI is InChI=1S/C13H11Br2NO3/c1-16-10-4-3-7(15)5-8(10)11(12(16)17)9(6-14)13(18)19-2/h3-5H,6H2,1-2H3. The molecule has 0 bridgehead atoms. The SMILES string of the molecule is COC(=O)C(CBr)=C1C(=O)N(C)c2ccc(Br)cc21. The largest absolute Gasteiger partial charge is 0.466 e. The van der Waals surface area contributed by atoms with Crippen LogP contribution in [0.1, 0.15) is 5.56 Å². The molecule has 0 N–H and O–H groups in total. The summed E-state index contributed by atoms with van der Waals surface area (Å²) in [5.41, 5.74) is 2.24. The Labute approximate surface area is 127 Å². The lowest BCUT2D eigenvalue weighted by Crippen LogP contribution is -2.22. The number of methoxy groups -OCH3 is 1. The van der Waals surface area contributed by atoms with E-state index in [9.17, 15) is 9.59 Å². The van der Waals surface area contributed by atoms with Gasteiger partial charge >= 0.3 is 5.97 Å². The molecule has 0 saturated carbocycles. The molecule has 0 atom stereocenters. The van der Waals surface area contributed by atoms with E-state index in [-0.39, 0.29) is 11.2 Å². The average Bonchev–Trinajstić information content (AvgIpc) is 2.64. The third-order valence-electron chi connectivity index (χ3n) is 2.97. The molecule has 0 spiro atoms.